The van der Waals surface area contributed by atoms with Crippen molar-refractivity contribution in [3.63, 3.8) is 0 Å². The van der Waals surface area contributed by atoms with Crippen LogP contribution >= 0.6 is 0 Å². The Morgan fingerprint density at radius 2 is 2.12 bits per heavy atom. The van der Waals surface area contributed by atoms with Crippen molar-refractivity contribution in [3.05, 3.63) is 41.6 Å². The smallest absolute Gasteiger partial charge is 0.356 e. The van der Waals surface area contributed by atoms with Gasteiger partial charge in [-0.2, -0.15) is 10.4 Å². The molecule has 0 aliphatic carbocycles. The molecule has 0 radical (unpaired) electrons. The van der Waals surface area contributed by atoms with Crippen molar-refractivity contribution in [2.24, 2.45) is 0 Å². The second-order valence-corrected chi connectivity index (χ2v) is 3.35. The van der Waals surface area contributed by atoms with Crippen LogP contribution in [0.3, 0.4) is 0 Å². The van der Waals surface area contributed by atoms with Crippen molar-refractivity contribution < 1.29 is 9.53 Å². The lowest BCUT2D eigenvalue weighted by molar-refractivity contribution is 0.0594. The van der Waals surface area contributed by atoms with Gasteiger partial charge < -0.3 is 4.74 Å². The van der Waals surface area contributed by atoms with E-state index in [1.807, 2.05) is 6.07 Å². The van der Waals surface area contributed by atoms with Crippen LogP contribution in [0.15, 0.2) is 30.3 Å². The number of nitrogens with one attached hydrogen (secondary N) is 1. The third-order valence-electron chi connectivity index (χ3n) is 2.29. The van der Waals surface area contributed by atoms with Gasteiger partial charge in [-0.15, -0.1) is 0 Å². The summed E-state index contributed by atoms with van der Waals surface area (Å²) in [7, 11) is 1.31. The molecule has 2 aromatic rings. The third kappa shape index (κ3) is 2.16. The van der Waals surface area contributed by atoms with Crippen LogP contribution < -0.4 is 0 Å². The predicted molar refractivity (Wildman–Crippen MR) is 60.1 cm³/mol. The van der Waals surface area contributed by atoms with E-state index in [1.165, 1.54) is 7.11 Å². The van der Waals surface area contributed by atoms with E-state index in [0.29, 0.717) is 17.0 Å². The lowest BCUT2D eigenvalue weighted by Crippen LogP contribution is -2.00. The molecular formula is C12H9N3O2. The number of benzene rings is 1. The average molecular weight is 227 g/mol. The largest absolute Gasteiger partial charge is 0.464 e. The zero-order chi connectivity index (χ0) is 12.3. The van der Waals surface area contributed by atoms with Crippen molar-refractivity contribution in [2.45, 2.75) is 0 Å². The van der Waals surface area contributed by atoms with Gasteiger partial charge in [-0.25, -0.2) is 4.79 Å². The highest BCUT2D eigenvalue weighted by atomic mass is 16.5. The van der Waals surface area contributed by atoms with Crippen molar-refractivity contribution in [3.8, 4) is 17.3 Å². The number of hydrogen-bond acceptors (Lipinski definition) is 4. The second-order valence-electron chi connectivity index (χ2n) is 3.35. The highest BCUT2D eigenvalue weighted by molar-refractivity contribution is 5.88. The molecule has 1 heterocycles. The van der Waals surface area contributed by atoms with E-state index >= 15 is 0 Å². The van der Waals surface area contributed by atoms with Gasteiger partial charge in [0.1, 0.15) is 5.69 Å². The third-order valence-corrected chi connectivity index (χ3v) is 2.29. The first-order valence-electron chi connectivity index (χ1n) is 4.89. The van der Waals surface area contributed by atoms with Crippen LogP contribution in [0.5, 0.6) is 0 Å². The number of aromatic nitrogens is 2. The molecule has 0 spiro atoms. The molecule has 2 rings (SSSR count). The molecule has 0 aliphatic heterocycles. The van der Waals surface area contributed by atoms with Gasteiger partial charge in [-0.1, -0.05) is 12.1 Å². The molecule has 17 heavy (non-hydrogen) atoms. The molecule has 0 aliphatic rings. The molecule has 0 unspecified atom stereocenters. The van der Waals surface area contributed by atoms with E-state index in [1.54, 1.807) is 30.3 Å². The first-order valence-corrected chi connectivity index (χ1v) is 4.89. The Balaban J connectivity index is 2.31. The Morgan fingerprint density at radius 1 is 1.41 bits per heavy atom. The molecule has 5 heteroatoms. The lowest BCUT2D eigenvalue weighted by atomic mass is 10.1. The molecule has 1 aromatic heterocycles. The number of H-pyrrole nitrogens is 1. The summed E-state index contributed by atoms with van der Waals surface area (Å²) in [5.41, 5.74) is 2.34. The summed E-state index contributed by atoms with van der Waals surface area (Å²) in [6.45, 7) is 0. The average Bonchev–Trinajstić information content (AvgIpc) is 2.87. The van der Waals surface area contributed by atoms with E-state index in [4.69, 9.17) is 5.26 Å². The molecule has 0 atom stereocenters. The topological polar surface area (TPSA) is 78.8 Å². The maximum atomic E-state index is 11.2. The highest BCUT2D eigenvalue weighted by Crippen LogP contribution is 2.18. The van der Waals surface area contributed by atoms with Crippen molar-refractivity contribution in [1.29, 1.82) is 5.26 Å². The van der Waals surface area contributed by atoms with Crippen LogP contribution in [0.25, 0.3) is 11.3 Å². The van der Waals surface area contributed by atoms with Crippen molar-refractivity contribution in [2.75, 3.05) is 7.11 Å². The molecular weight excluding hydrogens is 218 g/mol. The molecule has 0 saturated carbocycles. The van der Waals surface area contributed by atoms with Gasteiger partial charge in [0.25, 0.3) is 0 Å². The fraction of sp³-hybridized carbons (Fsp3) is 0.0833. The summed E-state index contributed by atoms with van der Waals surface area (Å²) in [5.74, 6) is -0.461. The normalized spacial score (nSPS) is 9.65. The predicted octanol–water partition coefficient (Wildman–Crippen LogP) is 1.73. The number of hydrogen-bond donors (Lipinski definition) is 1. The number of carbonyl (C=O) groups excluding carboxylic acids is 1. The maximum absolute atomic E-state index is 11.2. The molecule has 0 bridgehead atoms. The van der Waals surface area contributed by atoms with E-state index < -0.39 is 5.97 Å². The minimum atomic E-state index is -0.461. The number of aromatic amines is 1. The monoisotopic (exact) mass is 227 g/mol. The highest BCUT2D eigenvalue weighted by Gasteiger charge is 2.10. The van der Waals surface area contributed by atoms with Crippen LogP contribution in [0.1, 0.15) is 16.1 Å². The summed E-state index contributed by atoms with van der Waals surface area (Å²) in [6.07, 6.45) is 0. The summed E-state index contributed by atoms with van der Waals surface area (Å²) in [5, 5.41) is 15.3. The van der Waals surface area contributed by atoms with Gasteiger partial charge in [-0.05, 0) is 18.2 Å². The van der Waals surface area contributed by atoms with Crippen LogP contribution in [-0.4, -0.2) is 23.3 Å². The molecule has 84 valence electrons. The van der Waals surface area contributed by atoms with Crippen LogP contribution in [0.2, 0.25) is 0 Å². The zero-order valence-electron chi connectivity index (χ0n) is 9.10. The summed E-state index contributed by atoms with van der Waals surface area (Å²) in [4.78, 5) is 11.2. The van der Waals surface area contributed by atoms with E-state index in [9.17, 15) is 4.79 Å². The summed E-state index contributed by atoms with van der Waals surface area (Å²) in [6, 6.07) is 10.6. The Labute approximate surface area is 97.6 Å². The number of esters is 1. The Kier molecular flexibility index (Phi) is 2.88. The Hall–Kier alpha value is -2.61. The summed E-state index contributed by atoms with van der Waals surface area (Å²) < 4.78 is 4.57. The van der Waals surface area contributed by atoms with Gasteiger partial charge in [0.05, 0.1) is 24.4 Å². The van der Waals surface area contributed by atoms with Crippen LogP contribution in [0, 0.1) is 11.3 Å². The number of methoxy groups -OCH3 is 1. The van der Waals surface area contributed by atoms with E-state index in [2.05, 4.69) is 14.9 Å². The van der Waals surface area contributed by atoms with Crippen LogP contribution in [-0.2, 0) is 4.74 Å². The quantitative estimate of drug-likeness (QED) is 0.792. The van der Waals surface area contributed by atoms with Gasteiger partial charge in [0.15, 0.2) is 0 Å². The Morgan fingerprint density at radius 3 is 2.71 bits per heavy atom. The van der Waals surface area contributed by atoms with Crippen LogP contribution in [0.4, 0.5) is 0 Å². The standard InChI is InChI=1S/C12H9N3O2/c1-17-12(16)11-6-10(14-15-11)9-4-2-8(7-13)3-5-9/h2-6H,1H3,(H,14,15). The number of nitriles is 1. The first kappa shape index (κ1) is 10.9. The molecule has 1 N–H and O–H groups in total. The maximum Gasteiger partial charge on any atom is 0.356 e. The summed E-state index contributed by atoms with van der Waals surface area (Å²) >= 11 is 0. The number of ether oxygens (including phenoxy) is 1. The number of nitrogens with zero attached hydrogens (tertiary/aromatic N) is 2. The van der Waals surface area contributed by atoms with E-state index in [0.717, 1.165) is 5.56 Å². The second kappa shape index (κ2) is 4.49. The van der Waals surface area contributed by atoms with Gasteiger partial charge in [0, 0.05) is 5.56 Å². The lowest BCUT2D eigenvalue weighted by Gasteiger charge is -1.95. The zero-order valence-corrected chi connectivity index (χ0v) is 9.10. The SMILES string of the molecule is COC(=O)c1cc(-c2ccc(C#N)cc2)n[nH]1. The van der Waals surface area contributed by atoms with Crippen molar-refractivity contribution in [1.82, 2.24) is 10.2 Å². The van der Waals surface area contributed by atoms with Gasteiger partial charge in [0.2, 0.25) is 0 Å². The fourth-order valence-electron chi connectivity index (χ4n) is 1.40. The minimum absolute atomic E-state index is 0.298. The number of rotatable bonds is 2. The van der Waals surface area contributed by atoms with Crippen molar-refractivity contribution >= 4 is 5.97 Å². The van der Waals surface area contributed by atoms with Gasteiger partial charge >= 0.3 is 5.97 Å². The molecule has 5 nitrogen and oxygen atoms in total. The number of carbonyl (C=O) groups is 1. The Bertz CT molecular complexity index is 579. The van der Waals surface area contributed by atoms with E-state index in [-0.39, 0.29) is 0 Å². The van der Waals surface area contributed by atoms with Gasteiger partial charge in [-0.3, -0.25) is 5.10 Å². The minimum Gasteiger partial charge on any atom is -0.464 e. The molecule has 0 amide bonds. The first-order chi connectivity index (χ1) is 8.24. The molecule has 1 aromatic carbocycles. The molecule has 0 saturated heterocycles. The molecule has 0 fully saturated rings. The fourth-order valence-corrected chi connectivity index (χ4v) is 1.40.